The van der Waals surface area contributed by atoms with E-state index in [0.29, 0.717) is 28.6 Å². The summed E-state index contributed by atoms with van der Waals surface area (Å²) in [4.78, 5) is 8.60. The first kappa shape index (κ1) is 15.7. The molecule has 0 amide bonds. The maximum atomic E-state index is 13.6. The summed E-state index contributed by atoms with van der Waals surface area (Å²) in [6, 6.07) is 5.38. The van der Waals surface area contributed by atoms with E-state index in [4.69, 9.17) is 11.6 Å². The molecule has 1 N–H and O–H groups in total. The zero-order chi connectivity index (χ0) is 15.4. The smallest absolute Gasteiger partial charge is 0.134 e. The van der Waals surface area contributed by atoms with Crippen LogP contribution in [0.3, 0.4) is 0 Å². The molecule has 1 aromatic carbocycles. The largest absolute Gasteiger partial charge is 0.366 e. The minimum absolute atomic E-state index is 0.144. The lowest BCUT2D eigenvalue weighted by Crippen LogP contribution is -2.05. The fourth-order valence-corrected chi connectivity index (χ4v) is 2.42. The van der Waals surface area contributed by atoms with Crippen LogP contribution in [-0.2, 0) is 13.0 Å². The Morgan fingerprint density at radius 3 is 2.43 bits per heavy atom. The highest BCUT2D eigenvalue weighted by Gasteiger charge is 2.06. The predicted octanol–water partition coefficient (Wildman–Crippen LogP) is 4.45. The van der Waals surface area contributed by atoms with Gasteiger partial charge in [-0.25, -0.2) is 14.4 Å². The molecule has 2 aromatic rings. The molecule has 0 unspecified atom stereocenters. The van der Waals surface area contributed by atoms with Gasteiger partial charge in [0.1, 0.15) is 22.6 Å². The highest BCUT2D eigenvalue weighted by atomic mass is 35.5. The molecule has 1 aromatic heterocycles. The molecule has 0 aliphatic heterocycles. The molecule has 0 bridgehead atoms. The van der Waals surface area contributed by atoms with Gasteiger partial charge in [-0.15, -0.1) is 0 Å². The normalized spacial score (nSPS) is 10.7. The Bertz CT molecular complexity index is 620. The number of nitrogens with zero attached hydrogens (tertiary/aromatic N) is 2. The summed E-state index contributed by atoms with van der Waals surface area (Å²) >= 11 is 6.00. The molecule has 0 saturated carbocycles. The molecular formula is C16H19ClFN3. The van der Waals surface area contributed by atoms with E-state index < -0.39 is 0 Å². The first-order valence-corrected chi connectivity index (χ1v) is 7.40. The van der Waals surface area contributed by atoms with Crippen LogP contribution in [0.4, 0.5) is 10.2 Å². The van der Waals surface area contributed by atoms with Crippen molar-refractivity contribution < 1.29 is 4.39 Å². The van der Waals surface area contributed by atoms with Crippen molar-refractivity contribution in [1.29, 1.82) is 0 Å². The maximum absolute atomic E-state index is 13.6. The number of rotatable bonds is 5. The third kappa shape index (κ3) is 4.14. The van der Waals surface area contributed by atoms with Crippen LogP contribution >= 0.6 is 11.6 Å². The predicted molar refractivity (Wildman–Crippen MR) is 84.2 cm³/mol. The van der Waals surface area contributed by atoms with Crippen molar-refractivity contribution in [3.63, 3.8) is 0 Å². The van der Waals surface area contributed by atoms with E-state index in [9.17, 15) is 4.39 Å². The minimum Gasteiger partial charge on any atom is -0.366 e. The maximum Gasteiger partial charge on any atom is 0.134 e. The Kier molecular flexibility index (Phi) is 5.12. The van der Waals surface area contributed by atoms with Crippen molar-refractivity contribution in [2.45, 2.75) is 40.2 Å². The van der Waals surface area contributed by atoms with Crippen LogP contribution in [0.2, 0.25) is 5.15 Å². The number of aryl methyl sites for hydroxylation is 3. The van der Waals surface area contributed by atoms with Gasteiger partial charge in [-0.3, -0.25) is 0 Å². The van der Waals surface area contributed by atoms with Gasteiger partial charge in [-0.2, -0.15) is 0 Å². The summed E-state index contributed by atoms with van der Waals surface area (Å²) in [7, 11) is 0. The van der Waals surface area contributed by atoms with Crippen molar-refractivity contribution in [2.24, 2.45) is 0 Å². The fourth-order valence-electron chi connectivity index (χ4n) is 2.22. The van der Waals surface area contributed by atoms with Gasteiger partial charge in [0.25, 0.3) is 0 Å². The van der Waals surface area contributed by atoms with Crippen LogP contribution < -0.4 is 5.32 Å². The van der Waals surface area contributed by atoms with E-state index in [1.165, 1.54) is 0 Å². The van der Waals surface area contributed by atoms with Crippen LogP contribution in [0, 0.1) is 19.7 Å². The zero-order valence-corrected chi connectivity index (χ0v) is 13.3. The Balaban J connectivity index is 2.12. The molecule has 112 valence electrons. The average Bonchev–Trinajstić information content (AvgIpc) is 2.42. The van der Waals surface area contributed by atoms with Gasteiger partial charge in [0.05, 0.1) is 0 Å². The van der Waals surface area contributed by atoms with Crippen molar-refractivity contribution >= 4 is 17.4 Å². The molecule has 21 heavy (non-hydrogen) atoms. The number of nitrogens with one attached hydrogen (secondary N) is 1. The highest BCUT2D eigenvalue weighted by molar-refractivity contribution is 6.29. The van der Waals surface area contributed by atoms with Crippen molar-refractivity contribution in [3.05, 3.63) is 51.7 Å². The summed E-state index contributed by atoms with van der Waals surface area (Å²) in [5.74, 6) is 1.28. The lowest BCUT2D eigenvalue weighted by Gasteiger charge is -2.10. The summed E-state index contributed by atoms with van der Waals surface area (Å²) in [6.45, 7) is 6.18. The van der Waals surface area contributed by atoms with Gasteiger partial charge < -0.3 is 5.32 Å². The summed E-state index contributed by atoms with van der Waals surface area (Å²) < 4.78 is 13.6. The van der Waals surface area contributed by atoms with E-state index in [0.717, 1.165) is 24.2 Å². The second kappa shape index (κ2) is 6.85. The Morgan fingerprint density at radius 2 is 1.81 bits per heavy atom. The molecular weight excluding hydrogens is 289 g/mol. The van der Waals surface area contributed by atoms with Crippen molar-refractivity contribution in [1.82, 2.24) is 9.97 Å². The quantitative estimate of drug-likeness (QED) is 0.829. The summed E-state index contributed by atoms with van der Waals surface area (Å²) in [5, 5.41) is 3.65. The van der Waals surface area contributed by atoms with Gasteiger partial charge in [0, 0.05) is 19.0 Å². The third-order valence-corrected chi connectivity index (χ3v) is 3.38. The molecule has 0 aliphatic rings. The monoisotopic (exact) mass is 307 g/mol. The molecule has 0 atom stereocenters. The highest BCUT2D eigenvalue weighted by Crippen LogP contribution is 2.17. The molecule has 3 nitrogen and oxygen atoms in total. The fraction of sp³-hybridized carbons (Fsp3) is 0.375. The van der Waals surface area contributed by atoms with E-state index in [2.05, 4.69) is 22.2 Å². The first-order chi connectivity index (χ1) is 9.99. The first-order valence-electron chi connectivity index (χ1n) is 7.02. The minimum atomic E-state index is -0.144. The number of hydrogen-bond acceptors (Lipinski definition) is 3. The topological polar surface area (TPSA) is 37.8 Å². The van der Waals surface area contributed by atoms with Gasteiger partial charge in [0.2, 0.25) is 0 Å². The second-order valence-electron chi connectivity index (χ2n) is 5.14. The van der Waals surface area contributed by atoms with Gasteiger partial charge in [-0.05, 0) is 37.0 Å². The average molecular weight is 308 g/mol. The number of halogens is 2. The Hall–Kier alpha value is -1.68. The number of anilines is 1. The summed E-state index contributed by atoms with van der Waals surface area (Å²) in [6.07, 6.45) is 1.76. The van der Waals surface area contributed by atoms with Crippen LogP contribution in [-0.4, -0.2) is 9.97 Å². The summed E-state index contributed by atoms with van der Waals surface area (Å²) in [5.41, 5.74) is 2.32. The number of aromatic nitrogens is 2. The van der Waals surface area contributed by atoms with Crippen LogP contribution in [0.5, 0.6) is 0 Å². The van der Waals surface area contributed by atoms with Gasteiger partial charge in [0.15, 0.2) is 0 Å². The van der Waals surface area contributed by atoms with Crippen molar-refractivity contribution in [3.8, 4) is 0 Å². The van der Waals surface area contributed by atoms with Crippen LogP contribution in [0.25, 0.3) is 0 Å². The standard InChI is InChI=1S/C16H19ClFN3/c1-4-5-14-20-13(17)8-15(21-14)19-9-12-6-10(2)16(18)11(3)7-12/h6-8H,4-5,9H2,1-3H3,(H,19,20,21). The molecule has 0 saturated heterocycles. The van der Waals surface area contributed by atoms with Gasteiger partial charge >= 0.3 is 0 Å². The lowest BCUT2D eigenvalue weighted by molar-refractivity contribution is 0.608. The zero-order valence-electron chi connectivity index (χ0n) is 12.5. The van der Waals surface area contributed by atoms with Crippen molar-refractivity contribution in [2.75, 3.05) is 5.32 Å². The molecule has 0 aliphatic carbocycles. The van der Waals surface area contributed by atoms with E-state index >= 15 is 0 Å². The molecule has 0 fully saturated rings. The van der Waals surface area contributed by atoms with Crippen LogP contribution in [0.15, 0.2) is 18.2 Å². The van der Waals surface area contributed by atoms with E-state index in [1.807, 2.05) is 12.1 Å². The molecule has 5 heteroatoms. The number of hydrogen-bond donors (Lipinski definition) is 1. The molecule has 0 spiro atoms. The van der Waals surface area contributed by atoms with Gasteiger partial charge in [-0.1, -0.05) is 30.7 Å². The van der Waals surface area contributed by atoms with E-state index in [-0.39, 0.29) is 5.82 Å². The van der Waals surface area contributed by atoms with E-state index in [1.54, 1.807) is 19.9 Å². The molecule has 0 radical (unpaired) electrons. The third-order valence-electron chi connectivity index (χ3n) is 3.18. The lowest BCUT2D eigenvalue weighted by atomic mass is 10.1. The van der Waals surface area contributed by atoms with Crippen LogP contribution in [0.1, 0.15) is 35.9 Å². The molecule has 1 heterocycles. The SMILES string of the molecule is CCCc1nc(Cl)cc(NCc2cc(C)c(F)c(C)c2)n1. The number of benzene rings is 1. The molecule has 2 rings (SSSR count). The second-order valence-corrected chi connectivity index (χ2v) is 5.53. The Labute approximate surface area is 129 Å². The Morgan fingerprint density at radius 1 is 1.14 bits per heavy atom.